The maximum atomic E-state index is 6.72. The minimum atomic E-state index is 0.338. The lowest BCUT2D eigenvalue weighted by molar-refractivity contribution is 0.732. The Balaban J connectivity index is 1.42. The number of aromatic nitrogens is 4. The van der Waals surface area contributed by atoms with E-state index in [-0.39, 0.29) is 0 Å². The normalized spacial score (nSPS) is 22.8. The molecule has 0 bridgehead atoms. The zero-order valence-electron chi connectivity index (χ0n) is 16.5. The van der Waals surface area contributed by atoms with Crippen molar-refractivity contribution in [1.82, 2.24) is 19.9 Å². The van der Waals surface area contributed by atoms with E-state index in [4.69, 9.17) is 27.3 Å². The van der Waals surface area contributed by atoms with Gasteiger partial charge in [-0.1, -0.05) is 30.7 Å². The van der Waals surface area contributed by atoms with Crippen molar-refractivity contribution in [2.45, 2.75) is 29.4 Å². The summed E-state index contributed by atoms with van der Waals surface area (Å²) in [5.74, 6) is 2.06. The molecule has 1 saturated heterocycles. The summed E-state index contributed by atoms with van der Waals surface area (Å²) in [5, 5.41) is 3.49. The summed E-state index contributed by atoms with van der Waals surface area (Å²) in [6.45, 7) is 3.96. The molecule has 1 aliphatic heterocycles. The number of fused-ring (bicyclic) bond motifs is 3. The number of H-pyrrole nitrogens is 1. The van der Waals surface area contributed by atoms with E-state index in [0.29, 0.717) is 23.0 Å². The van der Waals surface area contributed by atoms with Gasteiger partial charge >= 0.3 is 0 Å². The van der Waals surface area contributed by atoms with Crippen LogP contribution in [0.5, 0.6) is 0 Å². The molecule has 6 nitrogen and oxygen atoms in total. The number of halogens is 1. The largest absolute Gasteiger partial charge is 0.355 e. The number of benzene rings is 1. The fraction of sp³-hybridized carbons (Fsp3) is 0.318. The lowest BCUT2D eigenvalue weighted by Gasteiger charge is -2.21. The van der Waals surface area contributed by atoms with E-state index in [1.807, 2.05) is 12.3 Å². The first-order valence-electron chi connectivity index (χ1n) is 10.2. The van der Waals surface area contributed by atoms with Crippen molar-refractivity contribution in [3.8, 4) is 0 Å². The van der Waals surface area contributed by atoms with Gasteiger partial charge in [0.1, 0.15) is 11.5 Å². The Morgan fingerprint density at radius 3 is 2.87 bits per heavy atom. The Kier molecular flexibility index (Phi) is 4.20. The summed E-state index contributed by atoms with van der Waals surface area (Å²) in [6, 6.07) is 10.6. The van der Waals surface area contributed by atoms with Gasteiger partial charge in [-0.25, -0.2) is 9.97 Å². The molecule has 152 valence electrons. The average molecular weight is 437 g/mol. The Bertz CT molecular complexity index is 1280. The van der Waals surface area contributed by atoms with Crippen molar-refractivity contribution < 1.29 is 0 Å². The molecule has 2 fully saturated rings. The summed E-state index contributed by atoms with van der Waals surface area (Å²) in [6.07, 6.45) is 2.64. The van der Waals surface area contributed by atoms with Crippen LogP contribution >= 0.6 is 23.4 Å². The van der Waals surface area contributed by atoms with Crippen LogP contribution in [-0.4, -0.2) is 39.1 Å². The predicted octanol–water partition coefficient (Wildman–Crippen LogP) is 4.27. The molecule has 4 aromatic rings. The van der Waals surface area contributed by atoms with Crippen LogP contribution in [-0.2, 0) is 6.42 Å². The molecule has 3 aromatic heterocycles. The number of aryl methyl sites for hydroxylation is 1. The smallest absolute Gasteiger partial charge is 0.196 e. The van der Waals surface area contributed by atoms with Gasteiger partial charge in [0.05, 0.1) is 15.9 Å². The van der Waals surface area contributed by atoms with Gasteiger partial charge in [-0.05, 0) is 48.2 Å². The van der Waals surface area contributed by atoms with Crippen molar-refractivity contribution in [1.29, 1.82) is 0 Å². The van der Waals surface area contributed by atoms with Crippen molar-refractivity contribution in [3.05, 3.63) is 47.2 Å². The first kappa shape index (κ1) is 18.4. The number of aromatic amines is 1. The molecule has 6 rings (SSSR count). The van der Waals surface area contributed by atoms with Crippen LogP contribution in [0.2, 0.25) is 5.02 Å². The molecule has 3 atom stereocenters. The maximum absolute atomic E-state index is 6.72. The number of hydrogen-bond acceptors (Lipinski definition) is 6. The minimum Gasteiger partial charge on any atom is -0.355 e. The van der Waals surface area contributed by atoms with E-state index < -0.39 is 0 Å². The number of nitrogens with two attached hydrogens (primary N) is 1. The van der Waals surface area contributed by atoms with E-state index in [2.05, 4.69) is 46.1 Å². The Hall–Kier alpha value is -2.35. The van der Waals surface area contributed by atoms with E-state index >= 15 is 0 Å². The topological polar surface area (TPSA) is 83.7 Å². The van der Waals surface area contributed by atoms with Crippen molar-refractivity contribution in [2.24, 2.45) is 17.6 Å². The highest BCUT2D eigenvalue weighted by molar-refractivity contribution is 7.99. The zero-order chi connectivity index (χ0) is 20.4. The quantitative estimate of drug-likeness (QED) is 0.465. The highest BCUT2D eigenvalue weighted by Gasteiger charge is 2.54. The summed E-state index contributed by atoms with van der Waals surface area (Å²) in [5.41, 5.74) is 8.92. The molecule has 1 unspecified atom stereocenters. The van der Waals surface area contributed by atoms with Gasteiger partial charge in [-0.3, -0.25) is 4.98 Å². The first-order chi connectivity index (χ1) is 14.6. The van der Waals surface area contributed by atoms with Crippen LogP contribution in [0.25, 0.3) is 21.9 Å². The molecule has 0 amide bonds. The number of piperidine rings is 1. The molecule has 2 aliphatic rings. The third-order valence-corrected chi connectivity index (χ3v) is 7.59. The number of rotatable bonds is 4. The molecule has 1 saturated carbocycles. The molecule has 1 aliphatic carbocycles. The van der Waals surface area contributed by atoms with Crippen LogP contribution < -0.4 is 10.6 Å². The molecule has 8 heteroatoms. The Morgan fingerprint density at radius 1 is 1.23 bits per heavy atom. The molecule has 30 heavy (non-hydrogen) atoms. The Morgan fingerprint density at radius 2 is 2.07 bits per heavy atom. The van der Waals surface area contributed by atoms with Gasteiger partial charge in [0, 0.05) is 41.3 Å². The van der Waals surface area contributed by atoms with Gasteiger partial charge in [0.15, 0.2) is 5.16 Å². The minimum absolute atomic E-state index is 0.338. The lowest BCUT2D eigenvalue weighted by atomic mass is 10.2. The number of hydrogen-bond donors (Lipinski definition) is 2. The van der Waals surface area contributed by atoms with Gasteiger partial charge in [-0.2, -0.15) is 0 Å². The zero-order valence-corrected chi connectivity index (χ0v) is 18.0. The number of nitrogens with one attached hydrogen (secondary N) is 1. The molecular formula is C22H21ClN6S. The van der Waals surface area contributed by atoms with E-state index in [9.17, 15) is 0 Å². The Labute approximate surface area is 183 Å². The number of pyridine rings is 1. The maximum Gasteiger partial charge on any atom is 0.196 e. The highest BCUT2D eigenvalue weighted by atomic mass is 35.5. The van der Waals surface area contributed by atoms with Gasteiger partial charge in [-0.15, -0.1) is 0 Å². The van der Waals surface area contributed by atoms with Crippen molar-refractivity contribution >= 4 is 51.1 Å². The molecular weight excluding hydrogens is 416 g/mol. The molecule has 0 radical (unpaired) electrons. The SMILES string of the molecule is CCc1[nH]c2nc(Sc3ccc4cccnc4c3)nc(N3C[C@@H]4C(N)[C@@H]4C3)c2c1Cl. The third kappa shape index (κ3) is 2.87. The third-order valence-electron chi connectivity index (χ3n) is 6.32. The van der Waals surface area contributed by atoms with Crippen LogP contribution in [0.15, 0.2) is 46.6 Å². The second-order valence-electron chi connectivity index (χ2n) is 8.09. The fourth-order valence-corrected chi connectivity index (χ4v) is 5.69. The van der Waals surface area contributed by atoms with Crippen molar-refractivity contribution in [2.75, 3.05) is 18.0 Å². The summed E-state index contributed by atoms with van der Waals surface area (Å²) < 4.78 is 0. The summed E-state index contributed by atoms with van der Waals surface area (Å²) >= 11 is 8.27. The summed E-state index contributed by atoms with van der Waals surface area (Å²) in [4.78, 5) is 21.0. The molecule has 1 aromatic carbocycles. The highest BCUT2D eigenvalue weighted by Crippen LogP contribution is 2.47. The van der Waals surface area contributed by atoms with E-state index in [1.165, 1.54) is 0 Å². The summed E-state index contributed by atoms with van der Waals surface area (Å²) in [7, 11) is 0. The predicted molar refractivity (Wildman–Crippen MR) is 121 cm³/mol. The van der Waals surface area contributed by atoms with Crippen molar-refractivity contribution in [3.63, 3.8) is 0 Å². The van der Waals surface area contributed by atoms with Crippen LogP contribution in [0.4, 0.5) is 5.82 Å². The first-order valence-corrected chi connectivity index (χ1v) is 11.4. The standard InChI is InChI=1S/C22H21ClN6S/c1-2-15-18(23)17-20(26-15)27-22(28-21(17)29-9-13-14(10-29)19(13)24)30-12-6-5-11-4-3-7-25-16(11)8-12/h3-8,13-14,19H,2,9-10,24H2,1H3,(H,26,27,28)/t13-,14+,19?. The van der Waals surface area contributed by atoms with Crippen LogP contribution in [0, 0.1) is 11.8 Å². The van der Waals surface area contributed by atoms with Crippen LogP contribution in [0.3, 0.4) is 0 Å². The molecule has 0 spiro atoms. The number of nitrogens with zero attached hydrogens (tertiary/aromatic N) is 4. The monoisotopic (exact) mass is 436 g/mol. The van der Waals surface area contributed by atoms with Gasteiger partial charge < -0.3 is 15.6 Å². The van der Waals surface area contributed by atoms with Crippen LogP contribution in [0.1, 0.15) is 12.6 Å². The fourth-order valence-electron chi connectivity index (χ4n) is 4.55. The second kappa shape index (κ2) is 6.83. The lowest BCUT2D eigenvalue weighted by Crippen LogP contribution is -2.29. The van der Waals surface area contributed by atoms with Gasteiger partial charge in [0.2, 0.25) is 0 Å². The number of anilines is 1. The van der Waals surface area contributed by atoms with Gasteiger partial charge in [0.25, 0.3) is 0 Å². The molecule has 3 N–H and O–H groups in total. The molecule has 4 heterocycles. The van der Waals surface area contributed by atoms with E-state index in [1.54, 1.807) is 11.8 Å². The van der Waals surface area contributed by atoms with E-state index in [0.717, 1.165) is 62.9 Å². The average Bonchev–Trinajstić information content (AvgIpc) is 3.10. The second-order valence-corrected chi connectivity index (χ2v) is 9.51.